The molecule has 0 aromatic carbocycles. The van der Waals surface area contributed by atoms with Crippen molar-refractivity contribution in [3.05, 3.63) is 18.7 Å². The van der Waals surface area contributed by atoms with E-state index in [0.29, 0.717) is 17.7 Å². The van der Waals surface area contributed by atoms with Gasteiger partial charge in [-0.05, 0) is 37.5 Å². The molecule has 2 fully saturated rings. The van der Waals surface area contributed by atoms with Crippen LogP contribution in [0.15, 0.2) is 18.7 Å². The first-order valence-corrected chi connectivity index (χ1v) is 8.09. The number of carbonyl (C=O) groups excluding carboxylic acids is 1. The van der Waals surface area contributed by atoms with E-state index in [1.807, 2.05) is 10.8 Å². The van der Waals surface area contributed by atoms with E-state index in [-0.39, 0.29) is 0 Å². The highest BCUT2D eigenvalue weighted by molar-refractivity contribution is 5.76. The Kier molecular flexibility index (Phi) is 4.58. The normalized spacial score (nSPS) is 21.6. The molecule has 21 heavy (non-hydrogen) atoms. The van der Waals surface area contributed by atoms with Crippen molar-refractivity contribution >= 4 is 5.91 Å². The van der Waals surface area contributed by atoms with Gasteiger partial charge in [-0.15, -0.1) is 0 Å². The zero-order valence-electron chi connectivity index (χ0n) is 12.7. The number of nitrogens with zero attached hydrogens (tertiary/aromatic N) is 3. The van der Waals surface area contributed by atoms with Crippen LogP contribution < -0.4 is 0 Å². The Balaban J connectivity index is 1.40. The maximum atomic E-state index is 12.3. The maximum Gasteiger partial charge on any atom is 0.222 e. The second-order valence-electron chi connectivity index (χ2n) is 6.40. The van der Waals surface area contributed by atoms with Crippen LogP contribution in [-0.4, -0.2) is 46.7 Å². The third-order valence-corrected chi connectivity index (χ3v) is 5.10. The number of hydrogen-bond donors (Lipinski definition) is 0. The molecule has 0 bridgehead atoms. The molecule has 5 heteroatoms. The SMILES string of the molecule is O=C(CCCn1ccnc1)N1CCC2(CCOCC2)CC1. The lowest BCUT2D eigenvalue weighted by Gasteiger charge is -2.44. The fourth-order valence-corrected chi connectivity index (χ4v) is 3.52. The average Bonchev–Trinajstić information content (AvgIpc) is 3.02. The van der Waals surface area contributed by atoms with Gasteiger partial charge in [0.2, 0.25) is 5.91 Å². The first kappa shape index (κ1) is 14.6. The predicted molar refractivity (Wildman–Crippen MR) is 79.8 cm³/mol. The summed E-state index contributed by atoms with van der Waals surface area (Å²) >= 11 is 0. The Morgan fingerprint density at radius 2 is 1.95 bits per heavy atom. The summed E-state index contributed by atoms with van der Waals surface area (Å²) in [5, 5.41) is 0. The van der Waals surface area contributed by atoms with Gasteiger partial charge in [0.15, 0.2) is 0 Å². The topological polar surface area (TPSA) is 47.4 Å². The van der Waals surface area contributed by atoms with Crippen LogP contribution in [0.1, 0.15) is 38.5 Å². The Morgan fingerprint density at radius 1 is 1.19 bits per heavy atom. The van der Waals surface area contributed by atoms with E-state index in [1.165, 1.54) is 12.8 Å². The molecule has 1 aromatic rings. The monoisotopic (exact) mass is 291 g/mol. The quantitative estimate of drug-likeness (QED) is 0.853. The minimum absolute atomic E-state index is 0.317. The van der Waals surface area contributed by atoms with E-state index < -0.39 is 0 Å². The number of piperidine rings is 1. The molecule has 1 amide bonds. The largest absolute Gasteiger partial charge is 0.381 e. The van der Waals surface area contributed by atoms with E-state index in [9.17, 15) is 4.79 Å². The van der Waals surface area contributed by atoms with Crippen molar-refractivity contribution < 1.29 is 9.53 Å². The van der Waals surface area contributed by atoms with Gasteiger partial charge in [-0.1, -0.05) is 0 Å². The second kappa shape index (κ2) is 6.60. The number of amides is 1. The molecular formula is C16H25N3O2. The lowest BCUT2D eigenvalue weighted by Crippen LogP contribution is -2.45. The molecule has 2 aliphatic heterocycles. The number of carbonyl (C=O) groups is 1. The van der Waals surface area contributed by atoms with Crippen molar-refractivity contribution in [2.75, 3.05) is 26.3 Å². The fraction of sp³-hybridized carbons (Fsp3) is 0.750. The van der Waals surface area contributed by atoms with Crippen LogP contribution in [-0.2, 0) is 16.1 Å². The van der Waals surface area contributed by atoms with Crippen LogP contribution in [0.25, 0.3) is 0 Å². The van der Waals surface area contributed by atoms with E-state index in [2.05, 4.69) is 9.88 Å². The molecule has 0 radical (unpaired) electrons. The van der Waals surface area contributed by atoms with Gasteiger partial charge in [0.25, 0.3) is 0 Å². The lowest BCUT2D eigenvalue weighted by molar-refractivity contribution is -0.134. The summed E-state index contributed by atoms with van der Waals surface area (Å²) in [6, 6.07) is 0. The average molecular weight is 291 g/mol. The van der Waals surface area contributed by atoms with Gasteiger partial charge in [-0.2, -0.15) is 0 Å². The van der Waals surface area contributed by atoms with Gasteiger partial charge in [0.05, 0.1) is 6.33 Å². The van der Waals surface area contributed by atoms with E-state index in [0.717, 1.165) is 52.1 Å². The molecule has 116 valence electrons. The first-order chi connectivity index (χ1) is 10.3. The summed E-state index contributed by atoms with van der Waals surface area (Å²) in [4.78, 5) is 18.4. The van der Waals surface area contributed by atoms with Gasteiger partial charge in [0, 0.05) is 51.7 Å². The first-order valence-electron chi connectivity index (χ1n) is 8.09. The summed E-state index contributed by atoms with van der Waals surface area (Å²) in [6.07, 6.45) is 11.7. The lowest BCUT2D eigenvalue weighted by atomic mass is 9.72. The molecule has 5 nitrogen and oxygen atoms in total. The number of aryl methyl sites for hydroxylation is 1. The Bertz CT molecular complexity index is 442. The highest BCUT2D eigenvalue weighted by atomic mass is 16.5. The molecule has 1 spiro atoms. The summed E-state index contributed by atoms with van der Waals surface area (Å²) in [6.45, 7) is 4.55. The number of hydrogen-bond acceptors (Lipinski definition) is 3. The van der Waals surface area contributed by atoms with Gasteiger partial charge in [-0.3, -0.25) is 4.79 Å². The molecule has 3 heterocycles. The van der Waals surface area contributed by atoms with Crippen LogP contribution in [0.3, 0.4) is 0 Å². The minimum Gasteiger partial charge on any atom is -0.381 e. The van der Waals surface area contributed by atoms with E-state index in [1.54, 1.807) is 12.5 Å². The molecule has 0 aliphatic carbocycles. The van der Waals surface area contributed by atoms with Crippen molar-refractivity contribution in [3.8, 4) is 0 Å². The summed E-state index contributed by atoms with van der Waals surface area (Å²) in [5.74, 6) is 0.317. The molecule has 2 aliphatic rings. The summed E-state index contributed by atoms with van der Waals surface area (Å²) in [7, 11) is 0. The van der Waals surface area contributed by atoms with Crippen molar-refractivity contribution in [1.82, 2.24) is 14.5 Å². The van der Waals surface area contributed by atoms with Crippen LogP contribution in [0.4, 0.5) is 0 Å². The summed E-state index contributed by atoms with van der Waals surface area (Å²) < 4.78 is 7.50. The third-order valence-electron chi connectivity index (χ3n) is 5.10. The Labute approximate surface area is 126 Å². The zero-order valence-corrected chi connectivity index (χ0v) is 12.7. The smallest absolute Gasteiger partial charge is 0.222 e. The fourth-order valence-electron chi connectivity index (χ4n) is 3.52. The molecule has 0 unspecified atom stereocenters. The minimum atomic E-state index is 0.317. The molecule has 1 aromatic heterocycles. The number of rotatable bonds is 4. The number of imidazole rings is 1. The Hall–Kier alpha value is -1.36. The number of aromatic nitrogens is 2. The predicted octanol–water partition coefficient (Wildman–Crippen LogP) is 2.08. The van der Waals surface area contributed by atoms with Gasteiger partial charge >= 0.3 is 0 Å². The highest BCUT2D eigenvalue weighted by Crippen LogP contribution is 2.40. The number of ether oxygens (including phenoxy) is 1. The molecule has 0 saturated carbocycles. The summed E-state index contributed by atoms with van der Waals surface area (Å²) in [5.41, 5.74) is 0.464. The van der Waals surface area contributed by atoms with Gasteiger partial charge in [0.1, 0.15) is 0 Å². The van der Waals surface area contributed by atoms with Crippen molar-refractivity contribution in [1.29, 1.82) is 0 Å². The second-order valence-corrected chi connectivity index (χ2v) is 6.40. The van der Waals surface area contributed by atoms with Gasteiger partial charge in [-0.25, -0.2) is 4.98 Å². The van der Waals surface area contributed by atoms with Crippen LogP contribution in [0, 0.1) is 5.41 Å². The number of likely N-dealkylation sites (tertiary alicyclic amines) is 1. The third kappa shape index (κ3) is 3.64. The highest BCUT2D eigenvalue weighted by Gasteiger charge is 2.36. The standard InChI is InChI=1S/C16H25N3O2/c20-15(2-1-8-18-11-7-17-14-18)19-9-3-16(4-10-19)5-12-21-13-6-16/h7,11,14H,1-6,8-10,12-13H2. The van der Waals surface area contributed by atoms with Crippen LogP contribution in [0.2, 0.25) is 0 Å². The van der Waals surface area contributed by atoms with E-state index >= 15 is 0 Å². The van der Waals surface area contributed by atoms with E-state index in [4.69, 9.17) is 4.74 Å². The van der Waals surface area contributed by atoms with Crippen molar-refractivity contribution in [3.63, 3.8) is 0 Å². The molecule has 2 saturated heterocycles. The molecule has 0 atom stereocenters. The molecule has 0 N–H and O–H groups in total. The Morgan fingerprint density at radius 3 is 2.62 bits per heavy atom. The van der Waals surface area contributed by atoms with Crippen molar-refractivity contribution in [2.45, 2.75) is 45.1 Å². The molecule has 3 rings (SSSR count). The molecular weight excluding hydrogens is 266 g/mol. The maximum absolute atomic E-state index is 12.3. The van der Waals surface area contributed by atoms with Crippen LogP contribution >= 0.6 is 0 Å². The van der Waals surface area contributed by atoms with Crippen molar-refractivity contribution in [2.24, 2.45) is 5.41 Å². The van der Waals surface area contributed by atoms with Gasteiger partial charge < -0.3 is 14.2 Å². The van der Waals surface area contributed by atoms with Crippen LogP contribution in [0.5, 0.6) is 0 Å². The zero-order chi connectivity index (χ0) is 14.5.